The molecule has 1 heterocycles. The summed E-state index contributed by atoms with van der Waals surface area (Å²) < 4.78 is 10.4. The zero-order valence-corrected chi connectivity index (χ0v) is 10.9. The molecule has 18 heavy (non-hydrogen) atoms. The maximum atomic E-state index is 5.22. The van der Waals surface area contributed by atoms with Gasteiger partial charge in [-0.15, -0.1) is 0 Å². The maximum Gasteiger partial charge on any atom is 0.176 e. The van der Waals surface area contributed by atoms with Crippen LogP contribution in [-0.4, -0.2) is 31.5 Å². The van der Waals surface area contributed by atoms with Crippen LogP contribution in [0.15, 0.2) is 36.5 Å². The van der Waals surface area contributed by atoms with Crippen molar-refractivity contribution in [1.82, 2.24) is 4.98 Å². The molecule has 0 saturated heterocycles. The monoisotopic (exact) mass is 246 g/mol. The average Bonchev–Trinajstić information content (AvgIpc) is 2.40. The van der Waals surface area contributed by atoms with Crippen molar-refractivity contribution in [2.75, 3.05) is 19.5 Å². The van der Waals surface area contributed by atoms with E-state index in [1.165, 1.54) is 0 Å². The molecule has 0 bridgehead atoms. The molecule has 0 aliphatic rings. The van der Waals surface area contributed by atoms with E-state index in [9.17, 15) is 0 Å². The summed E-state index contributed by atoms with van der Waals surface area (Å²) in [5.41, 5.74) is 1.95. The number of aromatic nitrogens is 1. The normalized spacial score (nSPS) is 12.9. The van der Waals surface area contributed by atoms with Crippen molar-refractivity contribution >= 4 is 16.6 Å². The predicted molar refractivity (Wildman–Crippen MR) is 72.6 cm³/mol. The van der Waals surface area contributed by atoms with Crippen molar-refractivity contribution in [3.05, 3.63) is 36.5 Å². The minimum absolute atomic E-state index is 0.0444. The number of hydrogen-bond acceptors (Lipinski definition) is 4. The molecule has 96 valence electrons. The van der Waals surface area contributed by atoms with E-state index in [1.54, 1.807) is 14.2 Å². The maximum absolute atomic E-state index is 5.22. The van der Waals surface area contributed by atoms with Crippen molar-refractivity contribution in [3.8, 4) is 0 Å². The predicted octanol–water partition coefficient (Wildman–Crippen LogP) is 2.65. The van der Waals surface area contributed by atoms with Crippen LogP contribution in [0.4, 0.5) is 5.69 Å². The summed E-state index contributed by atoms with van der Waals surface area (Å²) in [5, 5.41) is 4.44. The molecule has 1 atom stereocenters. The highest BCUT2D eigenvalue weighted by molar-refractivity contribution is 5.81. The summed E-state index contributed by atoms with van der Waals surface area (Å²) in [6, 6.07) is 10.1. The number of methoxy groups -OCH3 is 2. The second-order valence-electron chi connectivity index (χ2n) is 4.19. The van der Waals surface area contributed by atoms with Gasteiger partial charge in [0.15, 0.2) is 6.29 Å². The molecule has 0 fully saturated rings. The van der Waals surface area contributed by atoms with Gasteiger partial charge in [-0.2, -0.15) is 0 Å². The zero-order chi connectivity index (χ0) is 13.0. The summed E-state index contributed by atoms with van der Waals surface area (Å²) in [7, 11) is 3.26. The molecule has 0 radical (unpaired) electrons. The molecule has 1 aromatic carbocycles. The summed E-state index contributed by atoms with van der Waals surface area (Å²) in [4.78, 5) is 4.40. The van der Waals surface area contributed by atoms with E-state index in [0.29, 0.717) is 0 Å². The van der Waals surface area contributed by atoms with Crippen LogP contribution in [0.2, 0.25) is 0 Å². The number of ether oxygens (including phenoxy) is 2. The Bertz CT molecular complexity index is 512. The van der Waals surface area contributed by atoms with Gasteiger partial charge in [0.25, 0.3) is 0 Å². The zero-order valence-electron chi connectivity index (χ0n) is 10.9. The van der Waals surface area contributed by atoms with Gasteiger partial charge in [0, 0.05) is 19.6 Å². The van der Waals surface area contributed by atoms with Crippen LogP contribution in [0.1, 0.15) is 6.92 Å². The summed E-state index contributed by atoms with van der Waals surface area (Å²) in [6.45, 7) is 2.01. The number of para-hydroxylation sites is 1. The fourth-order valence-electron chi connectivity index (χ4n) is 1.99. The lowest BCUT2D eigenvalue weighted by atomic mass is 10.2. The molecule has 4 heteroatoms. The Labute approximate surface area is 107 Å². The smallest absolute Gasteiger partial charge is 0.176 e. The quantitative estimate of drug-likeness (QED) is 0.824. The number of fused-ring (bicyclic) bond motifs is 1. The van der Waals surface area contributed by atoms with Crippen LogP contribution < -0.4 is 5.32 Å². The van der Waals surface area contributed by atoms with Crippen molar-refractivity contribution in [2.45, 2.75) is 19.3 Å². The molecular weight excluding hydrogens is 228 g/mol. The molecule has 2 aromatic rings. The van der Waals surface area contributed by atoms with Crippen LogP contribution in [0.3, 0.4) is 0 Å². The second kappa shape index (κ2) is 5.80. The first-order valence-corrected chi connectivity index (χ1v) is 5.91. The fourth-order valence-corrected chi connectivity index (χ4v) is 1.99. The minimum atomic E-state index is -0.281. The molecule has 0 saturated carbocycles. The topological polar surface area (TPSA) is 43.4 Å². The molecule has 0 spiro atoms. The average molecular weight is 246 g/mol. The molecule has 1 unspecified atom stereocenters. The van der Waals surface area contributed by atoms with Gasteiger partial charge in [0.05, 0.1) is 23.4 Å². The Balaban J connectivity index is 2.16. The van der Waals surface area contributed by atoms with Crippen LogP contribution in [0, 0.1) is 0 Å². The second-order valence-corrected chi connectivity index (χ2v) is 4.19. The highest BCUT2D eigenvalue weighted by Gasteiger charge is 2.15. The summed E-state index contributed by atoms with van der Waals surface area (Å²) >= 11 is 0. The number of nitrogens with one attached hydrogen (secondary N) is 1. The van der Waals surface area contributed by atoms with Crippen molar-refractivity contribution in [1.29, 1.82) is 0 Å². The van der Waals surface area contributed by atoms with Crippen LogP contribution in [0.25, 0.3) is 10.9 Å². The molecule has 0 amide bonds. The first kappa shape index (κ1) is 12.8. The molecule has 0 aliphatic heterocycles. The van der Waals surface area contributed by atoms with Gasteiger partial charge in [-0.25, -0.2) is 0 Å². The highest BCUT2D eigenvalue weighted by Crippen LogP contribution is 2.17. The Morgan fingerprint density at radius 3 is 2.61 bits per heavy atom. The van der Waals surface area contributed by atoms with E-state index in [1.807, 2.05) is 37.4 Å². The van der Waals surface area contributed by atoms with E-state index >= 15 is 0 Å². The van der Waals surface area contributed by atoms with Gasteiger partial charge in [-0.05, 0) is 19.1 Å². The minimum Gasteiger partial charge on any atom is -0.376 e. The number of hydrogen-bond donors (Lipinski definition) is 1. The van der Waals surface area contributed by atoms with Gasteiger partial charge in [-0.3, -0.25) is 4.98 Å². The van der Waals surface area contributed by atoms with Crippen molar-refractivity contribution in [3.63, 3.8) is 0 Å². The first-order chi connectivity index (χ1) is 8.74. The van der Waals surface area contributed by atoms with Gasteiger partial charge >= 0.3 is 0 Å². The third-order valence-electron chi connectivity index (χ3n) is 2.86. The van der Waals surface area contributed by atoms with E-state index in [2.05, 4.69) is 16.4 Å². The standard InChI is InChI=1S/C14H18N2O2/c1-10(14(17-2)18-3)16-12-8-11-6-4-5-7-13(11)15-9-12/h4-10,14,16H,1-3H3. The van der Waals surface area contributed by atoms with Crippen molar-refractivity contribution < 1.29 is 9.47 Å². The lowest BCUT2D eigenvalue weighted by Gasteiger charge is -2.23. The highest BCUT2D eigenvalue weighted by atomic mass is 16.7. The van der Waals surface area contributed by atoms with Gasteiger partial charge < -0.3 is 14.8 Å². The fraction of sp³-hybridized carbons (Fsp3) is 0.357. The number of anilines is 1. The molecule has 4 nitrogen and oxygen atoms in total. The number of nitrogens with zero attached hydrogens (tertiary/aromatic N) is 1. The third kappa shape index (κ3) is 2.78. The largest absolute Gasteiger partial charge is 0.376 e. The lowest BCUT2D eigenvalue weighted by molar-refractivity contribution is -0.109. The van der Waals surface area contributed by atoms with Gasteiger partial charge in [-0.1, -0.05) is 18.2 Å². The van der Waals surface area contributed by atoms with E-state index in [4.69, 9.17) is 9.47 Å². The molecule has 1 N–H and O–H groups in total. The van der Waals surface area contributed by atoms with E-state index < -0.39 is 0 Å². The number of benzene rings is 1. The van der Waals surface area contributed by atoms with E-state index in [0.717, 1.165) is 16.6 Å². The number of rotatable bonds is 5. The SMILES string of the molecule is COC(OC)C(C)Nc1cnc2ccccc2c1. The van der Waals surface area contributed by atoms with Crippen LogP contribution >= 0.6 is 0 Å². The summed E-state index contributed by atoms with van der Waals surface area (Å²) in [5.74, 6) is 0. The Morgan fingerprint density at radius 2 is 1.89 bits per heavy atom. The van der Waals surface area contributed by atoms with Crippen LogP contribution in [0.5, 0.6) is 0 Å². The van der Waals surface area contributed by atoms with Gasteiger partial charge in [0.2, 0.25) is 0 Å². The molecule has 2 rings (SSSR count). The lowest BCUT2D eigenvalue weighted by Crippen LogP contribution is -2.33. The molecule has 0 aliphatic carbocycles. The Hall–Kier alpha value is -1.65. The van der Waals surface area contributed by atoms with E-state index in [-0.39, 0.29) is 12.3 Å². The van der Waals surface area contributed by atoms with Crippen molar-refractivity contribution in [2.24, 2.45) is 0 Å². The number of pyridine rings is 1. The molecule has 1 aromatic heterocycles. The third-order valence-corrected chi connectivity index (χ3v) is 2.86. The molecular formula is C14H18N2O2. The Morgan fingerprint density at radius 1 is 1.17 bits per heavy atom. The Kier molecular flexibility index (Phi) is 4.12. The summed E-state index contributed by atoms with van der Waals surface area (Å²) in [6.07, 6.45) is 1.54. The van der Waals surface area contributed by atoms with Gasteiger partial charge in [0.1, 0.15) is 0 Å². The van der Waals surface area contributed by atoms with Crippen LogP contribution in [-0.2, 0) is 9.47 Å². The first-order valence-electron chi connectivity index (χ1n) is 5.91.